The Morgan fingerprint density at radius 1 is 1.05 bits per heavy atom. The molecule has 0 aliphatic rings. The maximum absolute atomic E-state index is 14.4. The van der Waals surface area contributed by atoms with Crippen molar-refractivity contribution in [2.24, 2.45) is 5.73 Å². The molecule has 0 saturated carbocycles. The van der Waals surface area contributed by atoms with Crippen molar-refractivity contribution in [3.63, 3.8) is 0 Å². The van der Waals surface area contributed by atoms with Crippen LogP contribution in [0, 0.1) is 5.82 Å². The second-order valence-corrected chi connectivity index (χ2v) is 4.76. The summed E-state index contributed by atoms with van der Waals surface area (Å²) in [5.74, 6) is -0.227. The lowest BCUT2D eigenvalue weighted by Crippen LogP contribution is -2.14. The van der Waals surface area contributed by atoms with Gasteiger partial charge in [-0.3, -0.25) is 4.98 Å². The van der Waals surface area contributed by atoms with E-state index in [1.54, 1.807) is 24.4 Å². The summed E-state index contributed by atoms with van der Waals surface area (Å²) in [6, 6.07) is 13.9. The van der Waals surface area contributed by atoms with Crippen molar-refractivity contribution in [3.05, 3.63) is 71.7 Å². The lowest BCUT2D eigenvalue weighted by Gasteiger charge is -2.16. The summed E-state index contributed by atoms with van der Waals surface area (Å²) in [6.07, 6.45) is 1.69. The van der Waals surface area contributed by atoms with Crippen LogP contribution in [0.2, 0.25) is 0 Å². The maximum atomic E-state index is 14.4. The number of hydrogen-bond acceptors (Lipinski definition) is 3. The van der Waals surface area contributed by atoms with Crippen LogP contribution in [-0.4, -0.2) is 12.1 Å². The minimum absolute atomic E-state index is 0.196. The largest absolute Gasteiger partial charge is 0.494 e. The third-order valence-electron chi connectivity index (χ3n) is 3.57. The number of pyridine rings is 1. The zero-order valence-corrected chi connectivity index (χ0v) is 11.6. The molecule has 0 aliphatic carbocycles. The number of halogens is 1. The van der Waals surface area contributed by atoms with Crippen molar-refractivity contribution in [2.45, 2.75) is 6.04 Å². The summed E-state index contributed by atoms with van der Waals surface area (Å²) < 4.78 is 19.4. The monoisotopic (exact) mass is 282 g/mol. The predicted molar refractivity (Wildman–Crippen MR) is 80.7 cm³/mol. The van der Waals surface area contributed by atoms with Gasteiger partial charge in [-0.1, -0.05) is 30.3 Å². The number of hydrogen-bond donors (Lipinski definition) is 1. The van der Waals surface area contributed by atoms with Crippen molar-refractivity contribution >= 4 is 10.9 Å². The Morgan fingerprint density at radius 2 is 1.86 bits per heavy atom. The molecule has 0 radical (unpaired) electrons. The molecule has 106 valence electrons. The topological polar surface area (TPSA) is 48.1 Å². The fraction of sp³-hybridized carbons (Fsp3) is 0.118. The number of methoxy groups -OCH3 is 1. The molecule has 3 aromatic rings. The number of ether oxygens (including phenoxy) is 1. The van der Waals surface area contributed by atoms with Crippen LogP contribution in [-0.2, 0) is 0 Å². The number of benzene rings is 2. The third-order valence-corrected chi connectivity index (χ3v) is 3.57. The Morgan fingerprint density at radius 3 is 2.67 bits per heavy atom. The van der Waals surface area contributed by atoms with Gasteiger partial charge in [-0.25, -0.2) is 4.39 Å². The van der Waals surface area contributed by atoms with Gasteiger partial charge in [-0.2, -0.15) is 0 Å². The Labute approximate surface area is 122 Å². The average molecular weight is 282 g/mol. The SMILES string of the molecule is COc1cccc(C(N)c2ccnc3ccccc23)c1F. The lowest BCUT2D eigenvalue weighted by atomic mass is 9.96. The highest BCUT2D eigenvalue weighted by Gasteiger charge is 2.18. The molecule has 2 N–H and O–H groups in total. The van der Waals surface area contributed by atoms with E-state index in [4.69, 9.17) is 10.5 Å². The van der Waals surface area contributed by atoms with E-state index in [0.29, 0.717) is 5.56 Å². The molecule has 0 spiro atoms. The van der Waals surface area contributed by atoms with Crippen molar-refractivity contribution < 1.29 is 9.13 Å². The number of nitrogens with zero attached hydrogens (tertiary/aromatic N) is 1. The van der Waals surface area contributed by atoms with Gasteiger partial charge in [0.25, 0.3) is 0 Å². The molecule has 3 nitrogen and oxygen atoms in total. The minimum Gasteiger partial charge on any atom is -0.494 e. The molecule has 1 heterocycles. The molecule has 0 fully saturated rings. The Kier molecular flexibility index (Phi) is 3.54. The minimum atomic E-state index is -0.576. The molecule has 0 saturated heterocycles. The fourth-order valence-corrected chi connectivity index (χ4v) is 2.48. The third kappa shape index (κ3) is 2.34. The van der Waals surface area contributed by atoms with Crippen LogP contribution < -0.4 is 10.5 Å². The van der Waals surface area contributed by atoms with E-state index in [9.17, 15) is 4.39 Å². The van der Waals surface area contributed by atoms with E-state index in [1.165, 1.54) is 7.11 Å². The van der Waals surface area contributed by atoms with Gasteiger partial charge in [-0.05, 0) is 23.8 Å². The van der Waals surface area contributed by atoms with E-state index in [-0.39, 0.29) is 5.75 Å². The molecular formula is C17H15FN2O. The first-order chi connectivity index (χ1) is 10.2. The molecule has 1 unspecified atom stereocenters. The Balaban J connectivity index is 2.15. The Bertz CT molecular complexity index is 783. The van der Waals surface area contributed by atoms with Crippen LogP contribution in [0.1, 0.15) is 17.2 Å². The first-order valence-electron chi connectivity index (χ1n) is 6.64. The fourth-order valence-electron chi connectivity index (χ4n) is 2.48. The molecule has 0 amide bonds. The average Bonchev–Trinajstić information content (AvgIpc) is 2.54. The van der Waals surface area contributed by atoms with E-state index in [2.05, 4.69) is 4.98 Å². The number of nitrogens with two attached hydrogens (primary N) is 1. The van der Waals surface area contributed by atoms with E-state index >= 15 is 0 Å². The number of para-hydroxylation sites is 1. The summed E-state index contributed by atoms with van der Waals surface area (Å²) in [5.41, 5.74) is 8.37. The van der Waals surface area contributed by atoms with Crippen molar-refractivity contribution in [3.8, 4) is 5.75 Å². The summed E-state index contributed by atoms with van der Waals surface area (Å²) in [5, 5.41) is 0.926. The second kappa shape index (κ2) is 5.50. The summed E-state index contributed by atoms with van der Waals surface area (Å²) in [4.78, 5) is 4.30. The molecule has 0 aliphatic heterocycles. The lowest BCUT2D eigenvalue weighted by molar-refractivity contribution is 0.383. The van der Waals surface area contributed by atoms with E-state index in [0.717, 1.165) is 16.5 Å². The maximum Gasteiger partial charge on any atom is 0.170 e. The number of rotatable bonds is 3. The summed E-state index contributed by atoms with van der Waals surface area (Å²) in [6.45, 7) is 0. The molecule has 1 atom stereocenters. The number of fused-ring (bicyclic) bond motifs is 1. The highest BCUT2D eigenvalue weighted by molar-refractivity contribution is 5.82. The highest BCUT2D eigenvalue weighted by atomic mass is 19.1. The van der Waals surface area contributed by atoms with Crippen molar-refractivity contribution in [1.29, 1.82) is 0 Å². The standard InChI is InChI=1S/C17H15FN2O/c1-21-15-8-4-6-13(16(15)18)17(19)12-9-10-20-14-7-3-2-5-11(12)14/h2-10,17H,19H2,1H3. The van der Waals surface area contributed by atoms with Gasteiger partial charge >= 0.3 is 0 Å². The highest BCUT2D eigenvalue weighted by Crippen LogP contribution is 2.30. The molecular weight excluding hydrogens is 267 g/mol. The van der Waals surface area contributed by atoms with Crippen molar-refractivity contribution in [2.75, 3.05) is 7.11 Å². The summed E-state index contributed by atoms with van der Waals surface area (Å²) >= 11 is 0. The van der Waals surface area contributed by atoms with E-state index in [1.807, 2.05) is 30.3 Å². The van der Waals surface area contributed by atoms with Crippen LogP contribution in [0.4, 0.5) is 4.39 Å². The first kappa shape index (κ1) is 13.5. The summed E-state index contributed by atoms with van der Waals surface area (Å²) in [7, 11) is 1.44. The number of aromatic nitrogens is 1. The van der Waals surface area contributed by atoms with Gasteiger partial charge in [-0.15, -0.1) is 0 Å². The van der Waals surface area contributed by atoms with Gasteiger partial charge in [0, 0.05) is 17.1 Å². The molecule has 4 heteroatoms. The second-order valence-electron chi connectivity index (χ2n) is 4.76. The molecule has 2 aromatic carbocycles. The molecule has 0 bridgehead atoms. The van der Waals surface area contributed by atoms with Crippen molar-refractivity contribution in [1.82, 2.24) is 4.98 Å². The first-order valence-corrected chi connectivity index (χ1v) is 6.64. The predicted octanol–water partition coefficient (Wildman–Crippen LogP) is 3.43. The zero-order chi connectivity index (χ0) is 14.8. The van der Waals surface area contributed by atoms with Gasteiger partial charge in [0.15, 0.2) is 11.6 Å². The van der Waals surface area contributed by atoms with Crippen LogP contribution in [0.25, 0.3) is 10.9 Å². The van der Waals surface area contributed by atoms with Crippen LogP contribution in [0.15, 0.2) is 54.7 Å². The normalized spacial score (nSPS) is 12.3. The Hall–Kier alpha value is -2.46. The zero-order valence-electron chi connectivity index (χ0n) is 11.6. The smallest absolute Gasteiger partial charge is 0.170 e. The quantitative estimate of drug-likeness (QED) is 0.800. The van der Waals surface area contributed by atoms with Gasteiger partial charge in [0.05, 0.1) is 18.7 Å². The van der Waals surface area contributed by atoms with Crippen LogP contribution in [0.5, 0.6) is 5.75 Å². The molecule has 3 rings (SSSR count). The van der Waals surface area contributed by atoms with Crippen LogP contribution in [0.3, 0.4) is 0 Å². The van der Waals surface area contributed by atoms with E-state index < -0.39 is 11.9 Å². The van der Waals surface area contributed by atoms with Gasteiger partial charge in [0.2, 0.25) is 0 Å². The molecule has 1 aromatic heterocycles. The van der Waals surface area contributed by atoms with Crippen LogP contribution >= 0.6 is 0 Å². The van der Waals surface area contributed by atoms with Gasteiger partial charge in [0.1, 0.15) is 0 Å². The van der Waals surface area contributed by atoms with Gasteiger partial charge < -0.3 is 10.5 Å². The molecule has 21 heavy (non-hydrogen) atoms.